The smallest absolute Gasteiger partial charge is 0.264 e. The summed E-state index contributed by atoms with van der Waals surface area (Å²) >= 11 is 0. The van der Waals surface area contributed by atoms with Crippen LogP contribution in [0, 0.1) is 69.2 Å². The quantitative estimate of drug-likeness (QED) is 0.151. The minimum absolute atomic E-state index is 0.962. The van der Waals surface area contributed by atoms with Crippen LogP contribution < -0.4 is 22.8 Å². The van der Waals surface area contributed by atoms with Gasteiger partial charge < -0.3 is 0 Å². The topological polar surface area (TPSA) is 173 Å². The van der Waals surface area contributed by atoms with E-state index in [0.29, 0.717) is 0 Å². The van der Waals surface area contributed by atoms with Crippen LogP contribution in [0.2, 0.25) is 0 Å². The fourth-order valence-corrected chi connectivity index (χ4v) is 8.86. The molecule has 0 amide bonds. The maximum atomic E-state index is 4.41. The number of pyridine rings is 3. The second-order valence-corrected chi connectivity index (χ2v) is 18.6. The zero-order chi connectivity index (χ0) is 75.0. The van der Waals surface area contributed by atoms with Crippen LogP contribution in [0.1, 0.15) is 196 Å². The SMILES string of the molecule is CC.CC.CC.CC.CC.CC.CC.CC.CC.CC.Cc1ccccc1-c1n(C)nc(C)[n+]1C.Cc1ccncc1-c1n(C)nc(C)[n+]1C.Cc1cnccc1-c1n(C)nc(C)[n+]1C.Cc1ncccc1-c1n(C)nc(C)[n+]1C.Cc1ncncc1-c1n(C)nc(C)[n+]1C. The highest BCUT2D eigenvalue weighted by Gasteiger charge is 2.25. The van der Waals surface area contributed by atoms with Crippen molar-refractivity contribution in [1.82, 2.24) is 73.8 Å². The van der Waals surface area contributed by atoms with E-state index in [-0.39, 0.29) is 0 Å². The number of aromatic nitrogens is 20. The van der Waals surface area contributed by atoms with Gasteiger partial charge in [-0.2, -0.15) is 0 Å². The summed E-state index contributed by atoms with van der Waals surface area (Å²) in [6.45, 7) is 60.2. The molecule has 0 saturated heterocycles. The highest BCUT2D eigenvalue weighted by Crippen LogP contribution is 2.22. The van der Waals surface area contributed by atoms with Gasteiger partial charge in [-0.3, -0.25) is 15.0 Å². The van der Waals surface area contributed by atoms with Gasteiger partial charge in [0.2, 0.25) is 0 Å². The molecule has 530 valence electrons. The number of aryl methyl sites for hydroxylation is 15. The molecule has 0 aliphatic rings. The first kappa shape index (κ1) is 95.1. The lowest BCUT2D eigenvalue weighted by Crippen LogP contribution is -2.32. The van der Waals surface area contributed by atoms with Crippen LogP contribution in [0.3, 0.4) is 0 Å². The lowest BCUT2D eigenvalue weighted by molar-refractivity contribution is -0.667. The van der Waals surface area contributed by atoms with Crippen LogP contribution in [0.4, 0.5) is 0 Å². The Balaban J connectivity index is -0.000000332. The van der Waals surface area contributed by atoms with Gasteiger partial charge in [0.05, 0.1) is 110 Å². The van der Waals surface area contributed by atoms with Crippen molar-refractivity contribution in [2.24, 2.45) is 70.5 Å². The summed E-state index contributed by atoms with van der Waals surface area (Å²) in [5, 5.41) is 21.9. The summed E-state index contributed by atoms with van der Waals surface area (Å²) < 4.78 is 19.8. The second kappa shape index (κ2) is 53.8. The summed E-state index contributed by atoms with van der Waals surface area (Å²) in [7, 11) is 19.9. The fourth-order valence-electron chi connectivity index (χ4n) is 8.86. The third kappa shape index (κ3) is 27.7. The van der Waals surface area contributed by atoms with Crippen molar-refractivity contribution in [3.8, 4) is 56.9 Å². The molecule has 0 radical (unpaired) electrons. The molecular formula is C75H135N20+5. The van der Waals surface area contributed by atoms with E-state index in [2.05, 4.69) is 120 Å². The Kier molecular flexibility index (Phi) is 53.9. The zero-order valence-electron chi connectivity index (χ0n) is 67.6. The third-order valence-electron chi connectivity index (χ3n) is 13.3. The summed E-state index contributed by atoms with van der Waals surface area (Å²) in [4.78, 5) is 20.8. The van der Waals surface area contributed by atoms with Gasteiger partial charge in [-0.1, -0.05) is 157 Å². The first-order chi connectivity index (χ1) is 45.5. The molecule has 0 bridgehead atoms. The lowest BCUT2D eigenvalue weighted by atomic mass is 10.1. The minimum atomic E-state index is 0.962. The number of benzene rings is 1. The normalized spacial score (nSPS) is 9.05. The second-order valence-electron chi connectivity index (χ2n) is 18.6. The molecule has 0 aliphatic carbocycles. The average Bonchev–Trinajstić information content (AvgIpc) is 1.76. The van der Waals surface area contributed by atoms with E-state index in [4.69, 9.17) is 0 Å². The van der Waals surface area contributed by atoms with Gasteiger partial charge >= 0.3 is 0 Å². The van der Waals surface area contributed by atoms with Crippen molar-refractivity contribution < 1.29 is 22.8 Å². The Hall–Kier alpha value is -8.55. The highest BCUT2D eigenvalue weighted by atomic mass is 15.4. The molecule has 0 spiro atoms. The summed E-state index contributed by atoms with van der Waals surface area (Å²) in [5.41, 5.74) is 11.3. The van der Waals surface area contributed by atoms with E-state index in [9.17, 15) is 0 Å². The molecule has 9 aromatic heterocycles. The van der Waals surface area contributed by atoms with E-state index >= 15 is 0 Å². The van der Waals surface area contributed by atoms with Crippen LogP contribution in [0.15, 0.2) is 92.0 Å². The predicted octanol–water partition coefficient (Wildman–Crippen LogP) is 14.9. The fraction of sp³-hybridized carbons (Fsp3) is 0.533. The molecule has 10 rings (SSSR count). The van der Waals surface area contributed by atoms with E-state index in [1.807, 2.05) is 341 Å². The first-order valence-electron chi connectivity index (χ1n) is 34.6. The van der Waals surface area contributed by atoms with Gasteiger partial charge in [-0.15, -0.1) is 23.4 Å². The first-order valence-corrected chi connectivity index (χ1v) is 34.6. The van der Waals surface area contributed by atoms with Crippen LogP contribution in [-0.2, 0) is 70.5 Å². The molecule has 95 heavy (non-hydrogen) atoms. The van der Waals surface area contributed by atoms with E-state index < -0.39 is 0 Å². The average molecular weight is 1320 g/mol. The molecule has 0 saturated carbocycles. The summed E-state index contributed by atoms with van der Waals surface area (Å²) in [6.07, 6.45) is 12.6. The van der Waals surface area contributed by atoms with Gasteiger partial charge in [0.25, 0.3) is 58.2 Å². The van der Waals surface area contributed by atoms with Crippen molar-refractivity contribution in [3.63, 3.8) is 0 Å². The van der Waals surface area contributed by atoms with Crippen LogP contribution in [0.25, 0.3) is 56.9 Å². The van der Waals surface area contributed by atoms with E-state index in [1.165, 1.54) is 22.3 Å². The largest absolute Gasteiger partial charge is 0.274 e. The maximum Gasteiger partial charge on any atom is 0.274 e. The van der Waals surface area contributed by atoms with Crippen molar-refractivity contribution in [2.45, 2.75) is 208 Å². The Morgan fingerprint density at radius 2 is 0.547 bits per heavy atom. The van der Waals surface area contributed by atoms with Crippen LogP contribution >= 0.6 is 0 Å². The Morgan fingerprint density at radius 1 is 0.263 bits per heavy atom. The molecule has 0 aliphatic heterocycles. The molecule has 0 fully saturated rings. The van der Waals surface area contributed by atoms with Crippen LogP contribution in [-0.4, -0.2) is 73.8 Å². The molecule has 9 heterocycles. The Labute approximate surface area is 578 Å². The van der Waals surface area contributed by atoms with E-state index in [0.717, 1.165) is 91.9 Å². The van der Waals surface area contributed by atoms with Crippen molar-refractivity contribution in [1.29, 1.82) is 0 Å². The summed E-state index contributed by atoms with van der Waals surface area (Å²) in [5.74, 6) is 10.4. The molecule has 0 N–H and O–H groups in total. The molecule has 0 unspecified atom stereocenters. The van der Waals surface area contributed by atoms with Gasteiger partial charge in [-0.05, 0) is 81.6 Å². The summed E-state index contributed by atoms with van der Waals surface area (Å²) in [6, 6.07) is 16.4. The number of hydrogen-bond acceptors (Lipinski definition) is 10. The van der Waals surface area contributed by atoms with Crippen LogP contribution in [0.5, 0.6) is 0 Å². The molecule has 0 atom stereocenters. The maximum absolute atomic E-state index is 4.41. The number of nitrogens with zero attached hydrogens (tertiary/aromatic N) is 20. The van der Waals surface area contributed by atoms with Crippen molar-refractivity contribution >= 4 is 0 Å². The van der Waals surface area contributed by atoms with Gasteiger partial charge in [0.15, 0.2) is 0 Å². The van der Waals surface area contributed by atoms with E-state index in [1.54, 1.807) is 6.33 Å². The zero-order valence-corrected chi connectivity index (χ0v) is 67.6. The molecule has 1 aromatic carbocycles. The van der Waals surface area contributed by atoms with Crippen molar-refractivity contribution in [3.05, 3.63) is 149 Å². The molecular weight excluding hydrogens is 1180 g/mol. The van der Waals surface area contributed by atoms with Crippen molar-refractivity contribution in [2.75, 3.05) is 0 Å². The Bertz CT molecular complexity index is 3050. The van der Waals surface area contributed by atoms with Gasteiger partial charge in [-0.25, -0.2) is 32.8 Å². The Morgan fingerprint density at radius 3 is 0.874 bits per heavy atom. The molecule has 20 heteroatoms. The lowest BCUT2D eigenvalue weighted by Gasteiger charge is -2.02. The molecule has 10 aromatic rings. The standard InChI is InChI=1S/C12H16N3.3C11H15N4.C10H14N5.10C2H6/c1-9-7-5-6-8-11(9)12-14(3)10(2)13-15(12)4;1-8-7-12-6-5-10(8)11-14(3)9(2)13-15(11)4;1-8-5-6-12-7-10(8)11-14(3)9(2)13-15(11)4;1-8-10(6-5-7-12-8)11-14(3)9(2)13-15(11)4;1-7-9(5-11-6-12-7)10-14(3)8(2)13-15(10)4;10*1-2/h5-8H,1-4H3;3*5-7H,1-4H3;5-6H,1-4H3;10*1-2H3/q5*+1;;;;;;;;;;. The third-order valence-corrected chi connectivity index (χ3v) is 13.3. The number of hydrogen-bond donors (Lipinski definition) is 0. The minimum Gasteiger partial charge on any atom is -0.264 e. The molecule has 20 nitrogen and oxygen atoms in total. The predicted molar refractivity (Wildman–Crippen MR) is 399 cm³/mol. The van der Waals surface area contributed by atoms with Gasteiger partial charge in [0.1, 0.15) is 6.33 Å². The number of rotatable bonds is 5. The monoisotopic (exact) mass is 1320 g/mol. The van der Waals surface area contributed by atoms with Gasteiger partial charge in [0, 0.05) is 97.3 Å². The highest BCUT2D eigenvalue weighted by molar-refractivity contribution is 5.59.